The number of carboxylic acids is 1. The van der Waals surface area contributed by atoms with Crippen LogP contribution in [0.2, 0.25) is 0 Å². The van der Waals surface area contributed by atoms with E-state index in [1.807, 2.05) is 0 Å². The summed E-state index contributed by atoms with van der Waals surface area (Å²) in [6.07, 6.45) is 0.222. The Balaban J connectivity index is 2.45. The molecule has 0 saturated carbocycles. The molecule has 110 valence electrons. The molecule has 1 amide bonds. The summed E-state index contributed by atoms with van der Waals surface area (Å²) in [7, 11) is 0. The number of rotatable bonds is 7. The van der Waals surface area contributed by atoms with Crippen molar-refractivity contribution in [3.63, 3.8) is 0 Å². The Bertz CT molecular complexity index is 492. The zero-order chi connectivity index (χ0) is 15.2. The van der Waals surface area contributed by atoms with Crippen LogP contribution in [-0.2, 0) is 9.59 Å². The van der Waals surface area contributed by atoms with Crippen molar-refractivity contribution in [2.24, 2.45) is 0 Å². The molecule has 0 aromatic heterocycles. The minimum atomic E-state index is -1.30. The topological polar surface area (TPSA) is 75.6 Å². The van der Waals surface area contributed by atoms with Gasteiger partial charge in [-0.1, -0.05) is 19.1 Å². The number of carbonyl (C=O) groups is 2. The van der Waals surface area contributed by atoms with Gasteiger partial charge in [-0.3, -0.25) is 4.79 Å². The van der Waals surface area contributed by atoms with E-state index < -0.39 is 23.2 Å². The van der Waals surface area contributed by atoms with Gasteiger partial charge in [0, 0.05) is 0 Å². The van der Waals surface area contributed by atoms with E-state index in [4.69, 9.17) is 9.84 Å². The average molecular weight is 283 g/mol. The van der Waals surface area contributed by atoms with Gasteiger partial charge in [-0.15, -0.1) is 0 Å². The molecule has 0 fully saturated rings. The Kier molecular flexibility index (Phi) is 5.49. The third kappa shape index (κ3) is 4.22. The Morgan fingerprint density at radius 2 is 2.05 bits per heavy atom. The van der Waals surface area contributed by atoms with Gasteiger partial charge in [-0.2, -0.15) is 0 Å². The highest BCUT2D eigenvalue weighted by molar-refractivity contribution is 5.86. The first-order valence-electron chi connectivity index (χ1n) is 6.31. The highest BCUT2D eigenvalue weighted by Gasteiger charge is 2.32. The summed E-state index contributed by atoms with van der Waals surface area (Å²) in [5.41, 5.74) is -1.30. The highest BCUT2D eigenvalue weighted by Crippen LogP contribution is 2.15. The predicted molar refractivity (Wildman–Crippen MR) is 71.0 cm³/mol. The summed E-state index contributed by atoms with van der Waals surface area (Å²) in [6, 6.07) is 5.88. The van der Waals surface area contributed by atoms with E-state index in [0.717, 1.165) is 0 Å². The summed E-state index contributed by atoms with van der Waals surface area (Å²) in [6.45, 7) is 3.08. The van der Waals surface area contributed by atoms with E-state index in [9.17, 15) is 14.0 Å². The second-order valence-corrected chi connectivity index (χ2v) is 4.57. The Morgan fingerprint density at radius 1 is 1.40 bits per heavy atom. The number of hydrogen-bond donors (Lipinski definition) is 2. The first kappa shape index (κ1) is 15.9. The molecule has 0 bridgehead atoms. The van der Waals surface area contributed by atoms with Gasteiger partial charge < -0.3 is 15.2 Å². The summed E-state index contributed by atoms with van der Waals surface area (Å²) in [5.74, 6) is -1.98. The normalized spacial score (nSPS) is 13.3. The summed E-state index contributed by atoms with van der Waals surface area (Å²) in [4.78, 5) is 22.7. The first-order valence-corrected chi connectivity index (χ1v) is 6.31. The second-order valence-electron chi connectivity index (χ2n) is 4.57. The Morgan fingerprint density at radius 3 is 2.60 bits per heavy atom. The number of aliphatic carboxylic acids is 1. The molecule has 6 heteroatoms. The molecule has 1 rings (SSSR count). The van der Waals surface area contributed by atoms with Crippen LogP contribution in [0, 0.1) is 5.82 Å². The molecule has 1 unspecified atom stereocenters. The van der Waals surface area contributed by atoms with E-state index in [2.05, 4.69) is 5.32 Å². The fraction of sp³-hybridized carbons (Fsp3) is 0.429. The van der Waals surface area contributed by atoms with Crippen LogP contribution in [-0.4, -0.2) is 29.1 Å². The molecule has 0 spiro atoms. The van der Waals surface area contributed by atoms with Crippen molar-refractivity contribution in [3.05, 3.63) is 30.1 Å². The number of carboxylic acid groups (broad SMARTS) is 1. The molecule has 0 saturated heterocycles. The van der Waals surface area contributed by atoms with Crippen LogP contribution in [0.1, 0.15) is 26.7 Å². The maximum Gasteiger partial charge on any atom is 0.329 e. The van der Waals surface area contributed by atoms with Gasteiger partial charge in [-0.05, 0) is 25.5 Å². The summed E-state index contributed by atoms with van der Waals surface area (Å²) < 4.78 is 18.4. The van der Waals surface area contributed by atoms with Gasteiger partial charge in [0.15, 0.2) is 11.6 Å². The molecule has 2 N–H and O–H groups in total. The molecule has 20 heavy (non-hydrogen) atoms. The van der Waals surface area contributed by atoms with Crippen molar-refractivity contribution in [3.8, 4) is 5.75 Å². The van der Waals surface area contributed by atoms with Gasteiger partial charge in [0.25, 0.3) is 0 Å². The van der Waals surface area contributed by atoms with Crippen LogP contribution >= 0.6 is 0 Å². The number of carbonyl (C=O) groups excluding carboxylic acids is 1. The zero-order valence-electron chi connectivity index (χ0n) is 11.5. The molecule has 1 aromatic carbocycles. The van der Waals surface area contributed by atoms with Crippen LogP contribution in [0.4, 0.5) is 4.39 Å². The van der Waals surface area contributed by atoms with Gasteiger partial charge in [0.2, 0.25) is 5.91 Å². The number of ether oxygens (including phenoxy) is 1. The quantitative estimate of drug-likeness (QED) is 0.802. The molecule has 0 radical (unpaired) electrons. The number of halogens is 1. The largest absolute Gasteiger partial charge is 0.490 e. The maximum atomic E-state index is 13.2. The van der Waals surface area contributed by atoms with Crippen molar-refractivity contribution < 1.29 is 23.8 Å². The van der Waals surface area contributed by atoms with E-state index in [-0.39, 0.29) is 25.2 Å². The second kappa shape index (κ2) is 6.88. The average Bonchev–Trinajstić information content (AvgIpc) is 2.40. The van der Waals surface area contributed by atoms with E-state index in [0.29, 0.717) is 0 Å². The highest BCUT2D eigenvalue weighted by atomic mass is 19.1. The van der Waals surface area contributed by atoms with Gasteiger partial charge >= 0.3 is 5.97 Å². The fourth-order valence-electron chi connectivity index (χ4n) is 1.48. The van der Waals surface area contributed by atoms with Crippen LogP contribution in [0.25, 0.3) is 0 Å². The lowest BCUT2D eigenvalue weighted by atomic mass is 9.99. The third-order valence-electron chi connectivity index (χ3n) is 3.02. The summed E-state index contributed by atoms with van der Waals surface area (Å²) in [5, 5.41) is 11.5. The van der Waals surface area contributed by atoms with E-state index in [1.54, 1.807) is 13.0 Å². The molecule has 1 atom stereocenters. The van der Waals surface area contributed by atoms with Crippen molar-refractivity contribution in [2.45, 2.75) is 32.2 Å². The van der Waals surface area contributed by atoms with Crippen LogP contribution in [0.5, 0.6) is 5.75 Å². The monoisotopic (exact) mass is 283 g/mol. The maximum absolute atomic E-state index is 13.2. The third-order valence-corrected chi connectivity index (χ3v) is 3.02. The standard InChI is InChI=1S/C14H18FNO4/c1-3-14(2,13(18)19)16-12(17)8-9-20-11-7-5-4-6-10(11)15/h4-7H,3,8-9H2,1-2H3,(H,16,17)(H,18,19). The van der Waals surface area contributed by atoms with Crippen molar-refractivity contribution in [2.75, 3.05) is 6.61 Å². The van der Waals surface area contributed by atoms with E-state index in [1.165, 1.54) is 25.1 Å². The SMILES string of the molecule is CCC(C)(NC(=O)CCOc1ccccc1F)C(=O)O. The molecular weight excluding hydrogens is 265 g/mol. The van der Waals surface area contributed by atoms with Crippen LogP contribution in [0.3, 0.4) is 0 Å². The lowest BCUT2D eigenvalue weighted by Gasteiger charge is -2.24. The number of amides is 1. The number of hydrogen-bond acceptors (Lipinski definition) is 3. The molecular formula is C14H18FNO4. The van der Waals surface area contributed by atoms with Crippen LogP contribution in [0.15, 0.2) is 24.3 Å². The predicted octanol–water partition coefficient (Wildman–Crippen LogP) is 1.96. The van der Waals surface area contributed by atoms with Crippen LogP contribution < -0.4 is 10.1 Å². The molecule has 0 heterocycles. The minimum Gasteiger partial charge on any atom is -0.490 e. The van der Waals surface area contributed by atoms with Gasteiger partial charge in [-0.25, -0.2) is 9.18 Å². The number of para-hydroxylation sites is 1. The van der Waals surface area contributed by atoms with Gasteiger partial charge in [0.1, 0.15) is 5.54 Å². The Hall–Kier alpha value is -2.11. The van der Waals surface area contributed by atoms with Gasteiger partial charge in [0.05, 0.1) is 13.0 Å². The molecule has 5 nitrogen and oxygen atoms in total. The molecule has 0 aliphatic heterocycles. The number of benzene rings is 1. The Labute approximate surface area is 116 Å². The molecule has 0 aliphatic rings. The minimum absolute atomic E-state index is 0.0216. The summed E-state index contributed by atoms with van der Waals surface area (Å²) >= 11 is 0. The molecule has 0 aliphatic carbocycles. The lowest BCUT2D eigenvalue weighted by molar-refractivity contribution is -0.147. The molecule has 1 aromatic rings. The fourth-order valence-corrected chi connectivity index (χ4v) is 1.48. The number of nitrogens with one attached hydrogen (secondary N) is 1. The van der Waals surface area contributed by atoms with Crippen molar-refractivity contribution >= 4 is 11.9 Å². The zero-order valence-corrected chi connectivity index (χ0v) is 11.5. The first-order chi connectivity index (χ1) is 9.39. The van der Waals surface area contributed by atoms with Crippen molar-refractivity contribution in [1.29, 1.82) is 0 Å². The lowest BCUT2D eigenvalue weighted by Crippen LogP contribution is -2.51. The van der Waals surface area contributed by atoms with E-state index >= 15 is 0 Å². The van der Waals surface area contributed by atoms with Crippen molar-refractivity contribution in [1.82, 2.24) is 5.32 Å². The smallest absolute Gasteiger partial charge is 0.329 e.